The second kappa shape index (κ2) is 4.03. The van der Waals surface area contributed by atoms with E-state index in [1.165, 1.54) is 5.56 Å². The standard InChI is InChI=1S/C12H16N2O/c1-2-9-3-5-10(6-4-9)12(15)14-7-11(13)8-14/h3-6,11H,2,7-8,13H2,1H3. The summed E-state index contributed by atoms with van der Waals surface area (Å²) in [5, 5.41) is 0. The molecule has 0 saturated carbocycles. The lowest BCUT2D eigenvalue weighted by Crippen LogP contribution is -2.57. The van der Waals surface area contributed by atoms with Crippen LogP contribution in [0.4, 0.5) is 0 Å². The summed E-state index contributed by atoms with van der Waals surface area (Å²) < 4.78 is 0. The van der Waals surface area contributed by atoms with E-state index in [1.54, 1.807) is 4.90 Å². The number of amides is 1. The van der Waals surface area contributed by atoms with Crippen LogP contribution < -0.4 is 5.73 Å². The van der Waals surface area contributed by atoms with Gasteiger partial charge in [0, 0.05) is 24.7 Å². The Labute approximate surface area is 89.9 Å². The molecule has 0 atom stereocenters. The molecule has 0 aliphatic carbocycles. The summed E-state index contributed by atoms with van der Waals surface area (Å²) in [6.07, 6.45) is 1.00. The van der Waals surface area contributed by atoms with Crippen LogP contribution in [0.15, 0.2) is 24.3 Å². The number of benzene rings is 1. The lowest BCUT2D eigenvalue weighted by atomic mass is 10.1. The molecule has 15 heavy (non-hydrogen) atoms. The van der Waals surface area contributed by atoms with Crippen molar-refractivity contribution < 1.29 is 4.79 Å². The van der Waals surface area contributed by atoms with Crippen molar-refractivity contribution in [2.24, 2.45) is 5.73 Å². The zero-order valence-corrected chi connectivity index (χ0v) is 8.94. The van der Waals surface area contributed by atoms with Gasteiger partial charge in [-0.25, -0.2) is 0 Å². The summed E-state index contributed by atoms with van der Waals surface area (Å²) in [4.78, 5) is 13.6. The first kappa shape index (κ1) is 10.2. The molecule has 1 aliphatic heterocycles. The van der Waals surface area contributed by atoms with Crippen molar-refractivity contribution in [1.82, 2.24) is 4.90 Å². The molecule has 0 unspecified atom stereocenters. The highest BCUT2D eigenvalue weighted by atomic mass is 16.2. The minimum atomic E-state index is 0.0966. The first-order valence-electron chi connectivity index (χ1n) is 5.34. The zero-order valence-electron chi connectivity index (χ0n) is 8.94. The summed E-state index contributed by atoms with van der Waals surface area (Å²) in [6.45, 7) is 3.48. The largest absolute Gasteiger partial charge is 0.335 e. The molecule has 3 nitrogen and oxygen atoms in total. The number of nitrogens with two attached hydrogens (primary N) is 1. The van der Waals surface area contributed by atoms with Crippen LogP contribution in [0.5, 0.6) is 0 Å². The minimum absolute atomic E-state index is 0.0966. The number of carbonyl (C=O) groups is 1. The van der Waals surface area contributed by atoms with Crippen molar-refractivity contribution in [1.29, 1.82) is 0 Å². The zero-order chi connectivity index (χ0) is 10.8. The lowest BCUT2D eigenvalue weighted by Gasteiger charge is -2.36. The number of hydrogen-bond donors (Lipinski definition) is 1. The van der Waals surface area contributed by atoms with Gasteiger partial charge in [0.05, 0.1) is 0 Å². The fraction of sp³-hybridized carbons (Fsp3) is 0.417. The fourth-order valence-electron chi connectivity index (χ4n) is 1.74. The van der Waals surface area contributed by atoms with E-state index in [4.69, 9.17) is 5.73 Å². The van der Waals surface area contributed by atoms with Crippen molar-refractivity contribution in [3.8, 4) is 0 Å². The van der Waals surface area contributed by atoms with Gasteiger partial charge in [-0.15, -0.1) is 0 Å². The Kier molecular flexibility index (Phi) is 2.73. The Morgan fingerprint density at radius 3 is 2.47 bits per heavy atom. The van der Waals surface area contributed by atoms with Crippen LogP contribution in [0, 0.1) is 0 Å². The third kappa shape index (κ3) is 2.02. The molecule has 1 heterocycles. The van der Waals surface area contributed by atoms with Crippen LogP contribution >= 0.6 is 0 Å². The maximum Gasteiger partial charge on any atom is 0.253 e. The molecule has 1 aromatic rings. The van der Waals surface area contributed by atoms with E-state index in [0.717, 1.165) is 12.0 Å². The summed E-state index contributed by atoms with van der Waals surface area (Å²) >= 11 is 0. The lowest BCUT2D eigenvalue weighted by molar-refractivity contribution is 0.0608. The van der Waals surface area contributed by atoms with E-state index in [9.17, 15) is 4.79 Å². The van der Waals surface area contributed by atoms with Gasteiger partial charge in [0.1, 0.15) is 0 Å². The Hall–Kier alpha value is -1.35. The summed E-state index contributed by atoms with van der Waals surface area (Å²) in [7, 11) is 0. The second-order valence-electron chi connectivity index (χ2n) is 4.02. The normalized spacial score (nSPS) is 16.3. The van der Waals surface area contributed by atoms with Crippen molar-refractivity contribution in [3.05, 3.63) is 35.4 Å². The average molecular weight is 204 g/mol. The number of hydrogen-bond acceptors (Lipinski definition) is 2. The van der Waals surface area contributed by atoms with Crippen molar-refractivity contribution >= 4 is 5.91 Å². The number of aryl methyl sites for hydroxylation is 1. The smallest absolute Gasteiger partial charge is 0.253 e. The van der Waals surface area contributed by atoms with E-state index in [1.807, 2.05) is 24.3 Å². The predicted octanol–water partition coefficient (Wildman–Crippen LogP) is 1.03. The van der Waals surface area contributed by atoms with E-state index < -0.39 is 0 Å². The van der Waals surface area contributed by atoms with E-state index in [0.29, 0.717) is 13.1 Å². The molecule has 1 fully saturated rings. The van der Waals surface area contributed by atoms with E-state index in [2.05, 4.69) is 6.92 Å². The Bertz CT molecular complexity index is 352. The van der Waals surface area contributed by atoms with Crippen molar-refractivity contribution in [2.75, 3.05) is 13.1 Å². The van der Waals surface area contributed by atoms with Crippen molar-refractivity contribution in [3.63, 3.8) is 0 Å². The van der Waals surface area contributed by atoms with Crippen molar-refractivity contribution in [2.45, 2.75) is 19.4 Å². The number of carbonyl (C=O) groups excluding carboxylic acids is 1. The number of nitrogens with zero attached hydrogens (tertiary/aromatic N) is 1. The van der Waals surface area contributed by atoms with Gasteiger partial charge in [-0.2, -0.15) is 0 Å². The summed E-state index contributed by atoms with van der Waals surface area (Å²) in [5.41, 5.74) is 7.66. The molecule has 1 amide bonds. The molecule has 1 aliphatic rings. The van der Waals surface area contributed by atoms with Gasteiger partial charge in [0.2, 0.25) is 0 Å². The molecule has 2 rings (SSSR count). The van der Waals surface area contributed by atoms with Gasteiger partial charge in [-0.05, 0) is 24.1 Å². The second-order valence-corrected chi connectivity index (χ2v) is 4.02. The topological polar surface area (TPSA) is 46.3 Å². The molecule has 3 heteroatoms. The van der Waals surface area contributed by atoms with Gasteiger partial charge in [0.15, 0.2) is 0 Å². The first-order valence-corrected chi connectivity index (χ1v) is 5.34. The first-order chi connectivity index (χ1) is 7.20. The van der Waals surface area contributed by atoms with Crippen LogP contribution in [0.2, 0.25) is 0 Å². The molecule has 0 radical (unpaired) electrons. The molecule has 0 aromatic heterocycles. The maximum atomic E-state index is 11.8. The average Bonchev–Trinajstić information content (AvgIpc) is 2.24. The predicted molar refractivity (Wildman–Crippen MR) is 59.7 cm³/mol. The Morgan fingerprint density at radius 2 is 2.00 bits per heavy atom. The summed E-state index contributed by atoms with van der Waals surface area (Å²) in [6, 6.07) is 7.97. The third-order valence-corrected chi connectivity index (χ3v) is 2.81. The highest BCUT2D eigenvalue weighted by Gasteiger charge is 2.27. The van der Waals surface area contributed by atoms with Crippen LogP contribution in [-0.4, -0.2) is 29.9 Å². The van der Waals surface area contributed by atoms with Gasteiger partial charge in [-0.1, -0.05) is 19.1 Å². The molecule has 0 spiro atoms. The van der Waals surface area contributed by atoms with Crippen LogP contribution in [0.3, 0.4) is 0 Å². The molecular weight excluding hydrogens is 188 g/mol. The molecule has 0 bridgehead atoms. The van der Waals surface area contributed by atoms with Gasteiger partial charge in [-0.3, -0.25) is 4.79 Å². The third-order valence-electron chi connectivity index (χ3n) is 2.81. The number of likely N-dealkylation sites (tertiary alicyclic amines) is 1. The van der Waals surface area contributed by atoms with Crippen LogP contribution in [0.25, 0.3) is 0 Å². The van der Waals surface area contributed by atoms with E-state index >= 15 is 0 Å². The van der Waals surface area contributed by atoms with E-state index in [-0.39, 0.29) is 11.9 Å². The highest BCUT2D eigenvalue weighted by molar-refractivity contribution is 5.94. The van der Waals surface area contributed by atoms with Gasteiger partial charge >= 0.3 is 0 Å². The monoisotopic (exact) mass is 204 g/mol. The molecule has 1 saturated heterocycles. The fourth-order valence-corrected chi connectivity index (χ4v) is 1.74. The minimum Gasteiger partial charge on any atom is -0.335 e. The molecule has 1 aromatic carbocycles. The quantitative estimate of drug-likeness (QED) is 0.782. The maximum absolute atomic E-state index is 11.8. The number of rotatable bonds is 2. The SMILES string of the molecule is CCc1ccc(C(=O)N2CC(N)C2)cc1. The summed E-state index contributed by atoms with van der Waals surface area (Å²) in [5.74, 6) is 0.0966. The molecule has 2 N–H and O–H groups in total. The Morgan fingerprint density at radius 1 is 1.40 bits per heavy atom. The molecular formula is C12H16N2O. The van der Waals surface area contributed by atoms with Crippen LogP contribution in [-0.2, 0) is 6.42 Å². The highest BCUT2D eigenvalue weighted by Crippen LogP contribution is 2.13. The van der Waals surface area contributed by atoms with Crippen LogP contribution in [0.1, 0.15) is 22.8 Å². The molecule has 80 valence electrons. The van der Waals surface area contributed by atoms with Gasteiger partial charge < -0.3 is 10.6 Å². The van der Waals surface area contributed by atoms with Gasteiger partial charge in [0.25, 0.3) is 5.91 Å². The Balaban J connectivity index is 2.06.